The number of rotatable bonds is 5. The molecule has 0 bridgehead atoms. The van der Waals surface area contributed by atoms with Crippen LogP contribution in [-0.4, -0.2) is 45.7 Å². The SMILES string of the molecule is Cc1nn(C2COC2)cc1Nc1ncc(N)c(NCC(F)(F)F)n1. The number of anilines is 4. The van der Waals surface area contributed by atoms with Crippen molar-refractivity contribution in [2.24, 2.45) is 0 Å². The molecule has 3 rings (SSSR count). The van der Waals surface area contributed by atoms with Crippen LogP contribution in [0, 0.1) is 6.92 Å². The number of hydrogen-bond acceptors (Lipinski definition) is 7. The van der Waals surface area contributed by atoms with Crippen molar-refractivity contribution in [3.63, 3.8) is 0 Å². The molecule has 0 amide bonds. The van der Waals surface area contributed by atoms with Gasteiger partial charge in [0.2, 0.25) is 5.95 Å². The molecule has 1 fully saturated rings. The Morgan fingerprint density at radius 1 is 1.42 bits per heavy atom. The lowest BCUT2D eigenvalue weighted by Gasteiger charge is -2.25. The van der Waals surface area contributed by atoms with Crippen LogP contribution in [0.5, 0.6) is 0 Å². The maximum absolute atomic E-state index is 12.3. The van der Waals surface area contributed by atoms with Crippen LogP contribution in [0.15, 0.2) is 12.4 Å². The molecule has 24 heavy (non-hydrogen) atoms. The maximum Gasteiger partial charge on any atom is 0.405 e. The van der Waals surface area contributed by atoms with E-state index in [-0.39, 0.29) is 23.5 Å². The van der Waals surface area contributed by atoms with Crippen LogP contribution in [0.3, 0.4) is 0 Å². The minimum absolute atomic E-state index is 0.0313. The summed E-state index contributed by atoms with van der Waals surface area (Å²) in [7, 11) is 0. The van der Waals surface area contributed by atoms with Crippen molar-refractivity contribution in [3.8, 4) is 0 Å². The molecule has 2 aromatic rings. The molecule has 0 atom stereocenters. The second-order valence-corrected chi connectivity index (χ2v) is 5.39. The number of hydrogen-bond donors (Lipinski definition) is 3. The third kappa shape index (κ3) is 3.67. The summed E-state index contributed by atoms with van der Waals surface area (Å²) in [6.07, 6.45) is -1.34. The lowest BCUT2D eigenvalue weighted by molar-refractivity contribution is -0.115. The Bertz CT molecular complexity index is 727. The summed E-state index contributed by atoms with van der Waals surface area (Å²) in [5, 5.41) is 9.46. The van der Waals surface area contributed by atoms with Gasteiger partial charge in [-0.1, -0.05) is 0 Å². The van der Waals surface area contributed by atoms with Crippen LogP contribution < -0.4 is 16.4 Å². The fourth-order valence-corrected chi connectivity index (χ4v) is 2.06. The Kier molecular flexibility index (Phi) is 4.18. The van der Waals surface area contributed by atoms with Crippen molar-refractivity contribution in [2.45, 2.75) is 19.1 Å². The molecule has 4 N–H and O–H groups in total. The average molecular weight is 343 g/mol. The summed E-state index contributed by atoms with van der Waals surface area (Å²) >= 11 is 0. The number of nitrogens with zero attached hydrogens (tertiary/aromatic N) is 4. The minimum atomic E-state index is -4.37. The van der Waals surface area contributed by atoms with Crippen LogP contribution in [0.1, 0.15) is 11.7 Å². The zero-order valence-electron chi connectivity index (χ0n) is 12.8. The van der Waals surface area contributed by atoms with E-state index < -0.39 is 12.7 Å². The Hall–Kier alpha value is -2.56. The quantitative estimate of drug-likeness (QED) is 0.761. The Balaban J connectivity index is 1.74. The van der Waals surface area contributed by atoms with Crippen molar-refractivity contribution < 1.29 is 17.9 Å². The zero-order chi connectivity index (χ0) is 17.3. The molecule has 3 heterocycles. The second-order valence-electron chi connectivity index (χ2n) is 5.39. The van der Waals surface area contributed by atoms with Crippen LogP contribution in [0.4, 0.5) is 36.3 Å². The summed E-state index contributed by atoms with van der Waals surface area (Å²) in [5.41, 5.74) is 7.01. The van der Waals surface area contributed by atoms with Gasteiger partial charge in [-0.3, -0.25) is 4.68 Å². The van der Waals surface area contributed by atoms with Crippen molar-refractivity contribution in [3.05, 3.63) is 18.1 Å². The predicted octanol–water partition coefficient (Wildman–Crippen LogP) is 1.85. The van der Waals surface area contributed by atoms with E-state index in [1.807, 2.05) is 0 Å². The summed E-state index contributed by atoms with van der Waals surface area (Å²) in [5.74, 6) is 0.0450. The van der Waals surface area contributed by atoms with E-state index in [9.17, 15) is 13.2 Å². The molecule has 8 nitrogen and oxygen atoms in total. The van der Waals surface area contributed by atoms with Crippen LogP contribution in [0.2, 0.25) is 0 Å². The second kappa shape index (κ2) is 6.15. The normalized spacial score (nSPS) is 15.2. The fraction of sp³-hybridized carbons (Fsp3) is 0.462. The summed E-state index contributed by atoms with van der Waals surface area (Å²) in [4.78, 5) is 7.96. The number of halogens is 3. The van der Waals surface area contributed by atoms with Gasteiger partial charge < -0.3 is 21.1 Å². The number of ether oxygens (including phenoxy) is 1. The first kappa shape index (κ1) is 16.3. The highest BCUT2D eigenvalue weighted by Gasteiger charge is 2.27. The van der Waals surface area contributed by atoms with Gasteiger partial charge in [0.15, 0.2) is 5.82 Å². The van der Waals surface area contributed by atoms with Gasteiger partial charge in [-0.2, -0.15) is 23.3 Å². The van der Waals surface area contributed by atoms with E-state index in [0.29, 0.717) is 24.6 Å². The number of nitrogens with one attached hydrogen (secondary N) is 2. The number of nitrogens with two attached hydrogens (primary N) is 1. The Labute approximate surface area is 135 Å². The molecule has 1 aliphatic heterocycles. The molecule has 0 aliphatic carbocycles. The number of nitrogen functional groups attached to an aromatic ring is 1. The van der Waals surface area contributed by atoms with Gasteiger partial charge in [0.25, 0.3) is 0 Å². The third-order valence-corrected chi connectivity index (χ3v) is 3.43. The minimum Gasteiger partial charge on any atom is -0.394 e. The Morgan fingerprint density at radius 3 is 2.79 bits per heavy atom. The third-order valence-electron chi connectivity index (χ3n) is 3.43. The topological polar surface area (TPSA) is 103 Å². The number of aryl methyl sites for hydroxylation is 1. The van der Waals surface area contributed by atoms with Crippen molar-refractivity contribution in [2.75, 3.05) is 36.1 Å². The first-order chi connectivity index (χ1) is 11.3. The highest BCUT2D eigenvalue weighted by Crippen LogP contribution is 2.25. The van der Waals surface area contributed by atoms with Gasteiger partial charge in [-0.15, -0.1) is 0 Å². The lowest BCUT2D eigenvalue weighted by Crippen LogP contribution is -2.30. The van der Waals surface area contributed by atoms with Gasteiger partial charge in [0, 0.05) is 6.20 Å². The van der Waals surface area contributed by atoms with Crippen molar-refractivity contribution >= 4 is 23.1 Å². The molecular weight excluding hydrogens is 327 g/mol. The highest BCUT2D eigenvalue weighted by atomic mass is 19.4. The largest absolute Gasteiger partial charge is 0.405 e. The molecular formula is C13H16F3N7O. The van der Waals surface area contributed by atoms with E-state index in [1.54, 1.807) is 17.8 Å². The van der Waals surface area contributed by atoms with Gasteiger partial charge in [-0.05, 0) is 6.92 Å². The summed E-state index contributed by atoms with van der Waals surface area (Å²) < 4.78 is 43.8. The first-order valence-electron chi connectivity index (χ1n) is 7.15. The van der Waals surface area contributed by atoms with Gasteiger partial charge in [-0.25, -0.2) is 4.98 Å². The maximum atomic E-state index is 12.3. The summed E-state index contributed by atoms with van der Waals surface area (Å²) in [6, 6.07) is 0.190. The van der Waals surface area contributed by atoms with E-state index >= 15 is 0 Å². The Morgan fingerprint density at radius 2 is 2.17 bits per heavy atom. The predicted molar refractivity (Wildman–Crippen MR) is 81.1 cm³/mol. The van der Waals surface area contributed by atoms with Crippen molar-refractivity contribution in [1.29, 1.82) is 0 Å². The molecule has 0 aromatic carbocycles. The molecule has 11 heteroatoms. The highest BCUT2D eigenvalue weighted by molar-refractivity contribution is 5.64. The molecule has 0 saturated carbocycles. The van der Waals surface area contributed by atoms with E-state index in [2.05, 4.69) is 25.7 Å². The number of aromatic nitrogens is 4. The van der Waals surface area contributed by atoms with Crippen LogP contribution in [0.25, 0.3) is 0 Å². The zero-order valence-corrected chi connectivity index (χ0v) is 12.8. The molecule has 0 unspecified atom stereocenters. The standard InChI is InChI=1S/C13H16F3N7O/c1-7-10(3-23(22-7)8-4-24-5-8)20-12-18-2-9(17)11(21-12)19-6-13(14,15)16/h2-3,8H,4-6,17H2,1H3,(H2,18,19,20,21). The average Bonchev–Trinajstić information content (AvgIpc) is 2.77. The summed E-state index contributed by atoms with van der Waals surface area (Å²) in [6.45, 7) is 1.78. The van der Waals surface area contributed by atoms with Crippen molar-refractivity contribution in [1.82, 2.24) is 19.7 Å². The smallest absolute Gasteiger partial charge is 0.394 e. The lowest BCUT2D eigenvalue weighted by atomic mass is 10.3. The van der Waals surface area contributed by atoms with Gasteiger partial charge in [0.1, 0.15) is 6.54 Å². The molecule has 0 radical (unpaired) electrons. The fourth-order valence-electron chi connectivity index (χ4n) is 2.06. The molecule has 2 aromatic heterocycles. The van der Waals surface area contributed by atoms with E-state index in [0.717, 1.165) is 0 Å². The van der Waals surface area contributed by atoms with E-state index in [1.165, 1.54) is 6.20 Å². The molecule has 130 valence electrons. The first-order valence-corrected chi connectivity index (χ1v) is 7.15. The van der Waals surface area contributed by atoms with Crippen LogP contribution in [-0.2, 0) is 4.74 Å². The monoisotopic (exact) mass is 343 g/mol. The molecule has 0 spiro atoms. The number of alkyl halides is 3. The molecule has 1 saturated heterocycles. The van der Waals surface area contributed by atoms with Crippen LogP contribution >= 0.6 is 0 Å². The van der Waals surface area contributed by atoms with Gasteiger partial charge >= 0.3 is 6.18 Å². The van der Waals surface area contributed by atoms with Gasteiger partial charge in [0.05, 0.1) is 42.5 Å². The molecule has 1 aliphatic rings. The van der Waals surface area contributed by atoms with E-state index in [4.69, 9.17) is 10.5 Å².